The zero-order valence-electron chi connectivity index (χ0n) is 16.5. The molecule has 3 aromatic heterocycles. The Kier molecular flexibility index (Phi) is 4.92. The van der Waals surface area contributed by atoms with Gasteiger partial charge in [0.25, 0.3) is 5.91 Å². The molecular formula is C21H22FN5O2. The van der Waals surface area contributed by atoms with Crippen LogP contribution in [-0.2, 0) is 20.0 Å². The number of nitrogens with zero attached hydrogens (tertiary/aromatic N) is 4. The maximum absolute atomic E-state index is 13.7. The van der Waals surface area contributed by atoms with Gasteiger partial charge in [0, 0.05) is 49.0 Å². The molecule has 0 aliphatic carbocycles. The van der Waals surface area contributed by atoms with Crippen molar-refractivity contribution in [2.24, 2.45) is 7.05 Å². The molecule has 1 atom stereocenters. The van der Waals surface area contributed by atoms with Gasteiger partial charge < -0.3 is 14.4 Å². The van der Waals surface area contributed by atoms with Crippen molar-refractivity contribution < 1.29 is 13.7 Å². The van der Waals surface area contributed by atoms with Crippen LogP contribution in [0.4, 0.5) is 4.39 Å². The van der Waals surface area contributed by atoms with Gasteiger partial charge in [-0.2, -0.15) is 5.10 Å². The lowest BCUT2D eigenvalue weighted by atomic mass is 10.1. The lowest BCUT2D eigenvalue weighted by molar-refractivity contribution is 0.0931. The molecule has 0 spiro atoms. The number of amides is 1. The molecule has 0 radical (unpaired) electrons. The fraction of sp³-hybridized carbons (Fsp3) is 0.286. The number of fused-ring (bicyclic) bond motifs is 1. The highest BCUT2D eigenvalue weighted by molar-refractivity contribution is 5.93. The second-order valence-corrected chi connectivity index (χ2v) is 7.17. The van der Waals surface area contributed by atoms with Gasteiger partial charge >= 0.3 is 0 Å². The summed E-state index contributed by atoms with van der Waals surface area (Å²) in [5, 5.41) is 11.8. The van der Waals surface area contributed by atoms with Crippen LogP contribution in [0.3, 0.4) is 0 Å². The van der Waals surface area contributed by atoms with Gasteiger partial charge in [-0.15, -0.1) is 0 Å². The Bertz CT molecular complexity index is 1170. The SMILES string of the molecule is CCn1cc(-c2cc(C(=O)N[C@@H](C)Cc3cn(C)c4ccc(F)cc34)no2)cn1. The number of hydrogen-bond acceptors (Lipinski definition) is 4. The van der Waals surface area contributed by atoms with Crippen molar-refractivity contribution in [3.8, 4) is 11.3 Å². The van der Waals surface area contributed by atoms with E-state index in [4.69, 9.17) is 4.52 Å². The van der Waals surface area contributed by atoms with Crippen LogP contribution in [-0.4, -0.2) is 31.5 Å². The van der Waals surface area contributed by atoms with E-state index in [-0.39, 0.29) is 23.5 Å². The smallest absolute Gasteiger partial charge is 0.273 e. The first-order valence-corrected chi connectivity index (χ1v) is 9.48. The second kappa shape index (κ2) is 7.54. The highest BCUT2D eigenvalue weighted by atomic mass is 19.1. The van der Waals surface area contributed by atoms with Crippen LogP contribution in [0.25, 0.3) is 22.2 Å². The van der Waals surface area contributed by atoms with Crippen molar-refractivity contribution in [1.29, 1.82) is 0 Å². The fourth-order valence-electron chi connectivity index (χ4n) is 3.47. The predicted octanol–water partition coefficient (Wildman–Crippen LogP) is 3.55. The number of halogens is 1. The van der Waals surface area contributed by atoms with Crippen molar-refractivity contribution in [3.05, 3.63) is 59.9 Å². The Hall–Kier alpha value is -3.42. The maximum Gasteiger partial charge on any atom is 0.273 e. The summed E-state index contributed by atoms with van der Waals surface area (Å²) in [6, 6.07) is 6.17. The molecule has 4 aromatic rings. The Morgan fingerprint density at radius 3 is 2.90 bits per heavy atom. The molecule has 1 aromatic carbocycles. The quantitative estimate of drug-likeness (QED) is 0.542. The van der Waals surface area contributed by atoms with E-state index in [1.807, 2.05) is 37.9 Å². The van der Waals surface area contributed by atoms with Crippen LogP contribution < -0.4 is 5.32 Å². The Morgan fingerprint density at radius 2 is 2.14 bits per heavy atom. The van der Waals surface area contributed by atoms with Crippen LogP contribution in [0.1, 0.15) is 29.9 Å². The molecule has 0 bridgehead atoms. The molecule has 7 nitrogen and oxygen atoms in total. The minimum atomic E-state index is -0.318. The molecule has 0 aliphatic heterocycles. The lowest BCUT2D eigenvalue weighted by Crippen LogP contribution is -2.34. The molecule has 4 rings (SSSR count). The van der Waals surface area contributed by atoms with Gasteiger partial charge in [-0.05, 0) is 44.0 Å². The topological polar surface area (TPSA) is 77.9 Å². The van der Waals surface area contributed by atoms with Crippen LogP contribution in [0.2, 0.25) is 0 Å². The third-order valence-electron chi connectivity index (χ3n) is 4.92. The number of benzene rings is 1. The van der Waals surface area contributed by atoms with Gasteiger partial charge in [0.05, 0.1) is 11.8 Å². The predicted molar refractivity (Wildman–Crippen MR) is 107 cm³/mol. The standard InChI is InChI=1S/C21H22FN5O2/c1-4-27-12-15(10-23-27)20-9-18(25-29-20)21(28)24-13(2)7-14-11-26(3)19-6-5-16(22)8-17(14)19/h5-6,8-13H,4,7H2,1-3H3,(H,24,28)/t13-/m0/s1. The van der Waals surface area contributed by atoms with Gasteiger partial charge in [-0.1, -0.05) is 5.16 Å². The summed E-state index contributed by atoms with van der Waals surface area (Å²) in [6.07, 6.45) is 6.05. The molecule has 0 fully saturated rings. The fourth-order valence-corrected chi connectivity index (χ4v) is 3.47. The summed E-state index contributed by atoms with van der Waals surface area (Å²) in [5.41, 5.74) is 2.90. The van der Waals surface area contributed by atoms with Crippen molar-refractivity contribution in [2.75, 3.05) is 0 Å². The third kappa shape index (κ3) is 3.78. The van der Waals surface area contributed by atoms with Crippen molar-refractivity contribution in [1.82, 2.24) is 24.8 Å². The molecule has 3 heterocycles. The molecule has 0 saturated carbocycles. The van der Waals surface area contributed by atoms with E-state index in [1.165, 1.54) is 12.1 Å². The zero-order chi connectivity index (χ0) is 20.5. The van der Waals surface area contributed by atoms with Gasteiger partial charge in [-0.25, -0.2) is 4.39 Å². The van der Waals surface area contributed by atoms with E-state index >= 15 is 0 Å². The number of aryl methyl sites for hydroxylation is 2. The van der Waals surface area contributed by atoms with E-state index in [1.54, 1.807) is 23.0 Å². The molecule has 0 saturated heterocycles. The monoisotopic (exact) mass is 395 g/mol. The molecule has 0 unspecified atom stereocenters. The first-order chi connectivity index (χ1) is 13.9. The summed E-state index contributed by atoms with van der Waals surface area (Å²) >= 11 is 0. The summed E-state index contributed by atoms with van der Waals surface area (Å²) in [4.78, 5) is 12.6. The van der Waals surface area contributed by atoms with Crippen molar-refractivity contribution in [2.45, 2.75) is 32.9 Å². The number of carbonyl (C=O) groups excluding carboxylic acids is 1. The lowest BCUT2D eigenvalue weighted by Gasteiger charge is -2.12. The molecule has 29 heavy (non-hydrogen) atoms. The van der Waals surface area contributed by atoms with Crippen molar-refractivity contribution >= 4 is 16.8 Å². The summed E-state index contributed by atoms with van der Waals surface area (Å²) in [5.74, 6) is -0.100. The zero-order valence-corrected chi connectivity index (χ0v) is 16.5. The second-order valence-electron chi connectivity index (χ2n) is 7.17. The number of aromatic nitrogens is 4. The Balaban J connectivity index is 1.46. The first-order valence-electron chi connectivity index (χ1n) is 9.48. The normalized spacial score (nSPS) is 12.4. The van der Waals surface area contributed by atoms with Crippen LogP contribution in [0, 0.1) is 5.82 Å². The number of hydrogen-bond donors (Lipinski definition) is 1. The van der Waals surface area contributed by atoms with Crippen LogP contribution in [0.5, 0.6) is 0 Å². The molecule has 0 aliphatic rings. The van der Waals surface area contributed by atoms with Gasteiger partial charge in [0.1, 0.15) is 5.82 Å². The molecule has 150 valence electrons. The van der Waals surface area contributed by atoms with E-state index < -0.39 is 0 Å². The van der Waals surface area contributed by atoms with E-state index in [9.17, 15) is 9.18 Å². The van der Waals surface area contributed by atoms with Gasteiger partial charge in [-0.3, -0.25) is 9.48 Å². The highest BCUT2D eigenvalue weighted by Crippen LogP contribution is 2.23. The Morgan fingerprint density at radius 1 is 1.31 bits per heavy atom. The minimum Gasteiger partial charge on any atom is -0.355 e. The van der Waals surface area contributed by atoms with Crippen LogP contribution >= 0.6 is 0 Å². The average molecular weight is 395 g/mol. The summed E-state index contributed by atoms with van der Waals surface area (Å²) < 4.78 is 22.7. The highest BCUT2D eigenvalue weighted by Gasteiger charge is 2.18. The molecular weight excluding hydrogens is 373 g/mol. The van der Waals surface area contributed by atoms with E-state index in [0.717, 1.165) is 28.6 Å². The van der Waals surface area contributed by atoms with E-state index in [2.05, 4.69) is 15.6 Å². The number of rotatable bonds is 6. The largest absolute Gasteiger partial charge is 0.355 e. The maximum atomic E-state index is 13.7. The van der Waals surface area contributed by atoms with Crippen molar-refractivity contribution in [3.63, 3.8) is 0 Å². The number of nitrogens with one attached hydrogen (secondary N) is 1. The van der Waals surface area contributed by atoms with Crippen LogP contribution in [0.15, 0.2) is 47.4 Å². The minimum absolute atomic E-state index is 0.167. The first kappa shape index (κ1) is 18.9. The van der Waals surface area contributed by atoms with Gasteiger partial charge in [0.2, 0.25) is 0 Å². The van der Waals surface area contributed by atoms with E-state index in [0.29, 0.717) is 12.2 Å². The van der Waals surface area contributed by atoms with Gasteiger partial charge in [0.15, 0.2) is 11.5 Å². The Labute approximate surface area is 167 Å². The summed E-state index contributed by atoms with van der Waals surface area (Å²) in [7, 11) is 1.92. The molecule has 1 amide bonds. The molecule has 8 heteroatoms. The summed E-state index contributed by atoms with van der Waals surface area (Å²) in [6.45, 7) is 4.64. The third-order valence-corrected chi connectivity index (χ3v) is 4.92. The molecule has 1 N–H and O–H groups in total. The number of carbonyl (C=O) groups is 1. The average Bonchev–Trinajstić information content (AvgIpc) is 3.41.